The Labute approximate surface area is 119 Å². The number of nitrogens with one attached hydrogen (secondary N) is 1. The molecule has 0 radical (unpaired) electrons. The summed E-state index contributed by atoms with van der Waals surface area (Å²) in [4.78, 5) is 2.35. The number of hydrogen-bond donors (Lipinski definition) is 1. The van der Waals surface area contributed by atoms with Crippen molar-refractivity contribution in [3.05, 3.63) is 35.4 Å². The SMILES string of the molecule is CCc1ccc(C(C(CNC)C(C)C)N(C)C)cc1. The van der Waals surface area contributed by atoms with Crippen LogP contribution in [-0.4, -0.2) is 32.6 Å². The highest BCUT2D eigenvalue weighted by molar-refractivity contribution is 5.25. The number of aryl methyl sites for hydroxylation is 1. The van der Waals surface area contributed by atoms with Gasteiger partial charge in [0.05, 0.1) is 0 Å². The predicted molar refractivity (Wildman–Crippen MR) is 84.5 cm³/mol. The summed E-state index contributed by atoms with van der Waals surface area (Å²) in [5, 5.41) is 3.35. The molecule has 1 aromatic carbocycles. The maximum atomic E-state index is 3.35. The number of rotatable bonds is 7. The van der Waals surface area contributed by atoms with Gasteiger partial charge in [-0.15, -0.1) is 0 Å². The van der Waals surface area contributed by atoms with Gasteiger partial charge in [-0.2, -0.15) is 0 Å². The molecule has 19 heavy (non-hydrogen) atoms. The van der Waals surface area contributed by atoms with Crippen molar-refractivity contribution in [2.75, 3.05) is 27.7 Å². The van der Waals surface area contributed by atoms with E-state index in [0.29, 0.717) is 17.9 Å². The molecule has 0 heterocycles. The fourth-order valence-corrected chi connectivity index (χ4v) is 2.83. The lowest BCUT2D eigenvalue weighted by atomic mass is 9.83. The van der Waals surface area contributed by atoms with Crippen LogP contribution in [0.2, 0.25) is 0 Å². The van der Waals surface area contributed by atoms with Gasteiger partial charge in [0, 0.05) is 6.04 Å². The number of nitrogens with zero attached hydrogens (tertiary/aromatic N) is 1. The monoisotopic (exact) mass is 262 g/mol. The van der Waals surface area contributed by atoms with Crippen molar-refractivity contribution in [1.29, 1.82) is 0 Å². The van der Waals surface area contributed by atoms with Gasteiger partial charge in [-0.3, -0.25) is 0 Å². The van der Waals surface area contributed by atoms with E-state index in [2.05, 4.69) is 69.3 Å². The molecule has 0 amide bonds. The van der Waals surface area contributed by atoms with Crippen LogP contribution >= 0.6 is 0 Å². The first-order valence-electron chi connectivity index (χ1n) is 7.41. The molecule has 0 aliphatic heterocycles. The molecular formula is C17H30N2. The minimum Gasteiger partial charge on any atom is -0.319 e. The van der Waals surface area contributed by atoms with Crippen LogP contribution < -0.4 is 5.32 Å². The zero-order valence-corrected chi connectivity index (χ0v) is 13.4. The minimum atomic E-state index is 0.471. The molecule has 1 rings (SSSR count). The average Bonchev–Trinajstić information content (AvgIpc) is 2.38. The molecular weight excluding hydrogens is 232 g/mol. The molecule has 0 fully saturated rings. The molecule has 0 aliphatic rings. The van der Waals surface area contributed by atoms with E-state index in [1.54, 1.807) is 0 Å². The zero-order chi connectivity index (χ0) is 14.4. The van der Waals surface area contributed by atoms with Gasteiger partial charge in [0.25, 0.3) is 0 Å². The van der Waals surface area contributed by atoms with E-state index in [4.69, 9.17) is 0 Å². The Morgan fingerprint density at radius 3 is 2.05 bits per heavy atom. The molecule has 0 spiro atoms. The Kier molecular flexibility index (Phi) is 6.53. The first-order chi connectivity index (χ1) is 9.01. The zero-order valence-electron chi connectivity index (χ0n) is 13.4. The smallest absolute Gasteiger partial charge is 0.0384 e. The Bertz CT molecular complexity index is 354. The van der Waals surface area contributed by atoms with Crippen LogP contribution in [0.4, 0.5) is 0 Å². The number of hydrogen-bond acceptors (Lipinski definition) is 2. The normalized spacial score (nSPS) is 14.9. The highest BCUT2D eigenvalue weighted by Gasteiger charge is 2.27. The summed E-state index contributed by atoms with van der Waals surface area (Å²) >= 11 is 0. The molecule has 108 valence electrons. The highest BCUT2D eigenvalue weighted by atomic mass is 15.1. The van der Waals surface area contributed by atoms with Gasteiger partial charge in [0.1, 0.15) is 0 Å². The average molecular weight is 262 g/mol. The van der Waals surface area contributed by atoms with E-state index in [0.717, 1.165) is 13.0 Å². The van der Waals surface area contributed by atoms with Gasteiger partial charge in [-0.1, -0.05) is 45.0 Å². The second-order valence-corrected chi connectivity index (χ2v) is 5.97. The van der Waals surface area contributed by atoms with E-state index in [-0.39, 0.29) is 0 Å². The molecule has 2 nitrogen and oxygen atoms in total. The molecule has 0 saturated heterocycles. The van der Waals surface area contributed by atoms with E-state index < -0.39 is 0 Å². The summed E-state index contributed by atoms with van der Waals surface area (Å²) in [6.45, 7) is 7.89. The molecule has 1 N–H and O–H groups in total. The summed E-state index contributed by atoms with van der Waals surface area (Å²) in [6, 6.07) is 9.60. The lowest BCUT2D eigenvalue weighted by Gasteiger charge is -2.35. The van der Waals surface area contributed by atoms with Crippen LogP contribution in [0.5, 0.6) is 0 Å². The van der Waals surface area contributed by atoms with Crippen LogP contribution in [0.3, 0.4) is 0 Å². The third-order valence-electron chi connectivity index (χ3n) is 3.99. The van der Waals surface area contributed by atoms with E-state index in [1.807, 2.05) is 7.05 Å². The van der Waals surface area contributed by atoms with Crippen molar-refractivity contribution in [3.63, 3.8) is 0 Å². The summed E-state index contributed by atoms with van der Waals surface area (Å²) in [5.74, 6) is 1.28. The standard InChI is InChI=1S/C17H30N2/c1-7-14-8-10-15(11-9-14)17(19(5)6)16(12-18-4)13(2)3/h8-11,13,16-18H,7,12H2,1-6H3. The molecule has 1 aromatic rings. The summed E-state index contributed by atoms with van der Waals surface area (Å²) in [7, 11) is 6.41. The Balaban J connectivity index is 3.03. The summed E-state index contributed by atoms with van der Waals surface area (Å²) in [6.07, 6.45) is 1.11. The van der Waals surface area contributed by atoms with E-state index in [9.17, 15) is 0 Å². The first kappa shape index (κ1) is 16.2. The molecule has 2 unspecified atom stereocenters. The van der Waals surface area contributed by atoms with Crippen molar-refractivity contribution in [2.24, 2.45) is 11.8 Å². The van der Waals surface area contributed by atoms with Crippen molar-refractivity contribution >= 4 is 0 Å². The number of benzene rings is 1. The molecule has 0 aliphatic carbocycles. The molecule has 0 aromatic heterocycles. The van der Waals surface area contributed by atoms with Crippen LogP contribution in [0.1, 0.15) is 37.9 Å². The van der Waals surface area contributed by atoms with Gasteiger partial charge < -0.3 is 10.2 Å². The van der Waals surface area contributed by atoms with Gasteiger partial charge in [0.15, 0.2) is 0 Å². The fraction of sp³-hybridized carbons (Fsp3) is 0.647. The van der Waals surface area contributed by atoms with Crippen molar-refractivity contribution in [2.45, 2.75) is 33.2 Å². The van der Waals surface area contributed by atoms with Gasteiger partial charge in [0.2, 0.25) is 0 Å². The highest BCUT2D eigenvalue weighted by Crippen LogP contribution is 2.31. The fourth-order valence-electron chi connectivity index (χ4n) is 2.83. The predicted octanol–water partition coefficient (Wildman–Crippen LogP) is 3.34. The quantitative estimate of drug-likeness (QED) is 0.811. The van der Waals surface area contributed by atoms with E-state index in [1.165, 1.54) is 11.1 Å². The molecule has 0 saturated carbocycles. The van der Waals surface area contributed by atoms with Crippen LogP contribution in [0.15, 0.2) is 24.3 Å². The Morgan fingerprint density at radius 2 is 1.68 bits per heavy atom. The maximum Gasteiger partial charge on any atom is 0.0384 e. The van der Waals surface area contributed by atoms with Crippen LogP contribution in [0.25, 0.3) is 0 Å². The Hall–Kier alpha value is -0.860. The third kappa shape index (κ3) is 4.32. The van der Waals surface area contributed by atoms with Crippen molar-refractivity contribution in [1.82, 2.24) is 10.2 Å². The minimum absolute atomic E-state index is 0.471. The lowest BCUT2D eigenvalue weighted by Crippen LogP contribution is -2.36. The van der Waals surface area contributed by atoms with Gasteiger partial charge in [-0.05, 0) is 57.1 Å². The molecule has 0 bridgehead atoms. The summed E-state index contributed by atoms with van der Waals surface area (Å²) < 4.78 is 0. The largest absolute Gasteiger partial charge is 0.319 e. The lowest BCUT2D eigenvalue weighted by molar-refractivity contribution is 0.169. The van der Waals surface area contributed by atoms with Crippen LogP contribution in [0, 0.1) is 11.8 Å². The second kappa shape index (κ2) is 7.66. The van der Waals surface area contributed by atoms with Crippen molar-refractivity contribution in [3.8, 4) is 0 Å². The first-order valence-corrected chi connectivity index (χ1v) is 7.41. The van der Waals surface area contributed by atoms with Gasteiger partial charge >= 0.3 is 0 Å². The van der Waals surface area contributed by atoms with Gasteiger partial charge in [-0.25, -0.2) is 0 Å². The maximum absolute atomic E-state index is 3.35. The third-order valence-corrected chi connectivity index (χ3v) is 3.99. The van der Waals surface area contributed by atoms with E-state index >= 15 is 0 Å². The van der Waals surface area contributed by atoms with Crippen molar-refractivity contribution < 1.29 is 0 Å². The molecule has 2 atom stereocenters. The van der Waals surface area contributed by atoms with Crippen LogP contribution in [-0.2, 0) is 6.42 Å². The Morgan fingerprint density at radius 1 is 1.11 bits per heavy atom. The summed E-state index contributed by atoms with van der Waals surface area (Å²) in [5.41, 5.74) is 2.84. The topological polar surface area (TPSA) is 15.3 Å². The second-order valence-electron chi connectivity index (χ2n) is 5.97. The molecule has 2 heteroatoms.